The second-order valence-corrected chi connectivity index (χ2v) is 26.7. The number of nitrogens with zero attached hydrogens (tertiary/aromatic N) is 8. The number of esters is 2. The number of cyclic esters (lactones) is 1. The number of hydrogen-bond acceptors (Lipinski definition) is 14. The summed E-state index contributed by atoms with van der Waals surface area (Å²) in [5.74, 6) is -9.48. The van der Waals surface area contributed by atoms with Gasteiger partial charge in [-0.3, -0.25) is 52.8 Å². The van der Waals surface area contributed by atoms with E-state index in [1.165, 1.54) is 104 Å². The quantitative estimate of drug-likeness (QED) is 0.166. The number of rotatable bonds is 20. The van der Waals surface area contributed by atoms with Gasteiger partial charge in [-0.15, -0.1) is 0 Å². The second kappa shape index (κ2) is 34.3. The van der Waals surface area contributed by atoms with Gasteiger partial charge in [0.25, 0.3) is 5.91 Å². The molecule has 0 unspecified atom stereocenters. The minimum absolute atomic E-state index is 0.0460. The van der Waals surface area contributed by atoms with E-state index in [1.54, 1.807) is 39.8 Å². The van der Waals surface area contributed by atoms with Crippen LogP contribution in [0.2, 0.25) is 0 Å². The monoisotopic (exact) mass is 1270 g/mol. The fourth-order valence-electron chi connectivity index (χ4n) is 11.5. The maximum Gasteiger partial charge on any atom is 0.328 e. The number of carbonyl (C=O) groups is 11. The van der Waals surface area contributed by atoms with Gasteiger partial charge in [0, 0.05) is 55.8 Å². The van der Waals surface area contributed by atoms with Crippen LogP contribution in [0, 0.1) is 29.6 Å². The first kappa shape index (κ1) is 77.8. The summed E-state index contributed by atoms with van der Waals surface area (Å²) in [7, 11) is 13.1. The van der Waals surface area contributed by atoms with Crippen molar-refractivity contribution in [1.82, 2.24) is 49.8 Å². The highest BCUT2D eigenvalue weighted by atomic mass is 16.6. The molecule has 1 fully saturated rings. The smallest absolute Gasteiger partial charge is 0.328 e. The number of benzene rings is 2. The van der Waals surface area contributed by atoms with Crippen LogP contribution in [0.25, 0.3) is 11.1 Å². The van der Waals surface area contributed by atoms with Gasteiger partial charge in [-0.05, 0) is 108 Å². The SMILES string of the molecule is CC[C@H](C)[C@H]1C(=O)N[C@@H](C)C(=O)N(C)[C@@H](CC(C)C)C(=O)N[C@@H](Cc2ccc(-c3ccccc3)cc2)C(=O)N(C)[C@H](C)C(=O)O[C@H](C)[C@H](N(C)C(=O)[C@H](CC(C)C)N(C)C(=O)[C@H](C)N(C)C(=O)[C@H](OC(=O)[C@H](C(C)C)N(C)C)C(C)C)C(=O)N(C)[C@@H](C)C(=O)N1C. The molecule has 23 nitrogen and oxygen atoms in total. The van der Waals surface area contributed by atoms with Crippen molar-refractivity contribution in [2.75, 3.05) is 63.4 Å². The molecule has 1 heterocycles. The van der Waals surface area contributed by atoms with E-state index in [0.29, 0.717) is 12.0 Å². The van der Waals surface area contributed by atoms with E-state index in [4.69, 9.17) is 9.47 Å². The van der Waals surface area contributed by atoms with Gasteiger partial charge in [0.1, 0.15) is 66.5 Å². The van der Waals surface area contributed by atoms with E-state index in [0.717, 1.165) is 25.8 Å². The van der Waals surface area contributed by atoms with Crippen LogP contribution in [0.5, 0.6) is 0 Å². The highest BCUT2D eigenvalue weighted by Gasteiger charge is 2.46. The average molecular weight is 1270 g/mol. The molecule has 2 aromatic carbocycles. The van der Waals surface area contributed by atoms with E-state index in [2.05, 4.69) is 10.6 Å². The molecule has 1 aliphatic heterocycles. The van der Waals surface area contributed by atoms with Crippen LogP contribution >= 0.6 is 0 Å². The lowest BCUT2D eigenvalue weighted by Crippen LogP contribution is -2.63. The zero-order valence-corrected chi connectivity index (χ0v) is 58.7. The zero-order chi connectivity index (χ0) is 69.5. The third kappa shape index (κ3) is 19.8. The molecule has 0 aromatic heterocycles. The van der Waals surface area contributed by atoms with Crippen molar-refractivity contribution in [2.45, 2.75) is 202 Å². The molecule has 1 saturated heterocycles. The maximum atomic E-state index is 15.4. The molecule has 3 rings (SSSR count). The van der Waals surface area contributed by atoms with E-state index in [-0.39, 0.29) is 37.0 Å². The second-order valence-electron chi connectivity index (χ2n) is 26.7. The summed E-state index contributed by atoms with van der Waals surface area (Å²) >= 11 is 0. The summed E-state index contributed by atoms with van der Waals surface area (Å²) in [6.07, 6.45) is -2.23. The Labute approximate surface area is 541 Å². The Hall–Kier alpha value is -7.43. The predicted molar refractivity (Wildman–Crippen MR) is 349 cm³/mol. The lowest BCUT2D eigenvalue weighted by Gasteiger charge is -2.41. The number of carbonyl (C=O) groups excluding carboxylic acids is 11. The number of likely N-dealkylation sites (N-methyl/N-ethyl adjacent to an activating group) is 8. The summed E-state index contributed by atoms with van der Waals surface area (Å²) in [6, 6.07) is 4.61. The van der Waals surface area contributed by atoms with E-state index in [1.807, 2.05) is 103 Å². The van der Waals surface area contributed by atoms with Crippen molar-refractivity contribution in [3.63, 3.8) is 0 Å². The Bertz CT molecular complexity index is 2840. The van der Waals surface area contributed by atoms with Crippen molar-refractivity contribution < 1.29 is 62.2 Å². The van der Waals surface area contributed by atoms with E-state index in [9.17, 15) is 38.4 Å². The van der Waals surface area contributed by atoms with Crippen LogP contribution in [0.1, 0.15) is 129 Å². The Balaban J connectivity index is 2.26. The van der Waals surface area contributed by atoms with Crippen molar-refractivity contribution in [1.29, 1.82) is 0 Å². The maximum absolute atomic E-state index is 15.4. The standard InChI is InChI=1S/C68H108N10O13/c1-25-42(10)55-59(80)69-43(11)60(81)75(21)52(35-38(2)3)58(79)70-51(37-48-31-33-50(34-32-48)49-29-27-26-28-30-49)63(84)74(20)46(14)67(88)90-47(15)56(65(86)72(18)45(13)62(83)77(55)23)78(24)64(85)53(36-39(4)5)76(22)61(82)44(12)73(19)66(87)57(41(8)9)91-68(89)54(40(6)7)71(16)17/h26-34,38-47,51-57H,25,35-37H2,1-24H3,(H,69,80)(H,70,79)/t42-,43-,44-,45-,46+,47+,51-,52-,53-,54-,55-,56-,57+/m0/s1. The van der Waals surface area contributed by atoms with Gasteiger partial charge in [-0.2, -0.15) is 0 Å². The summed E-state index contributed by atoms with van der Waals surface area (Å²) in [5, 5.41) is 5.70. The predicted octanol–water partition coefficient (Wildman–Crippen LogP) is 4.97. The molecule has 9 amide bonds. The van der Waals surface area contributed by atoms with Crippen LogP contribution < -0.4 is 10.6 Å². The summed E-state index contributed by atoms with van der Waals surface area (Å²) in [6.45, 7) is 25.4. The molecular formula is C68H108N10O13. The molecule has 2 aromatic rings. The molecule has 0 spiro atoms. The Morgan fingerprint density at radius 3 is 1.65 bits per heavy atom. The van der Waals surface area contributed by atoms with Crippen molar-refractivity contribution >= 4 is 65.1 Å². The molecule has 0 radical (unpaired) electrons. The molecule has 0 aliphatic carbocycles. The first-order valence-electron chi connectivity index (χ1n) is 31.9. The Morgan fingerprint density at radius 2 is 1.14 bits per heavy atom. The number of nitrogens with one attached hydrogen (secondary N) is 2. The molecule has 0 bridgehead atoms. The molecular weight excluding hydrogens is 1160 g/mol. The van der Waals surface area contributed by atoms with Gasteiger partial charge < -0.3 is 54.4 Å². The number of ether oxygens (including phenoxy) is 2. The van der Waals surface area contributed by atoms with Gasteiger partial charge in [0.05, 0.1) is 0 Å². The minimum Gasteiger partial charge on any atom is -0.458 e. The van der Waals surface area contributed by atoms with Crippen LogP contribution in [-0.2, 0) is 68.6 Å². The zero-order valence-electron chi connectivity index (χ0n) is 58.7. The summed E-state index contributed by atoms with van der Waals surface area (Å²) in [4.78, 5) is 171. The fraction of sp³-hybridized carbons (Fsp3) is 0.662. The molecule has 23 heteroatoms. The third-order valence-corrected chi connectivity index (χ3v) is 17.8. The Morgan fingerprint density at radius 1 is 0.593 bits per heavy atom. The summed E-state index contributed by atoms with van der Waals surface area (Å²) < 4.78 is 12.0. The van der Waals surface area contributed by atoms with Gasteiger partial charge in [-0.1, -0.05) is 130 Å². The van der Waals surface area contributed by atoms with Crippen LogP contribution in [-0.4, -0.2) is 240 Å². The van der Waals surface area contributed by atoms with E-state index < -0.39 is 150 Å². The average Bonchev–Trinajstić information content (AvgIpc) is 0.849. The molecule has 508 valence electrons. The molecule has 0 saturated carbocycles. The molecule has 2 N–H and O–H groups in total. The first-order chi connectivity index (χ1) is 42.2. The number of amides is 9. The van der Waals surface area contributed by atoms with Gasteiger partial charge in [-0.25, -0.2) is 4.79 Å². The highest BCUT2D eigenvalue weighted by Crippen LogP contribution is 2.26. The van der Waals surface area contributed by atoms with Gasteiger partial charge >= 0.3 is 11.9 Å². The van der Waals surface area contributed by atoms with Crippen molar-refractivity contribution in [3.8, 4) is 11.1 Å². The molecule has 1 aliphatic rings. The van der Waals surface area contributed by atoms with Crippen LogP contribution in [0.15, 0.2) is 54.6 Å². The lowest BCUT2D eigenvalue weighted by molar-refractivity contribution is -0.170. The Kier molecular flexibility index (Phi) is 29.3. The fourth-order valence-corrected chi connectivity index (χ4v) is 11.5. The largest absolute Gasteiger partial charge is 0.458 e. The van der Waals surface area contributed by atoms with Crippen molar-refractivity contribution in [3.05, 3.63) is 60.2 Å². The van der Waals surface area contributed by atoms with Crippen molar-refractivity contribution in [2.24, 2.45) is 29.6 Å². The minimum atomic E-state index is -1.72. The van der Waals surface area contributed by atoms with Crippen LogP contribution in [0.4, 0.5) is 0 Å². The lowest BCUT2D eigenvalue weighted by atomic mass is 9.95. The van der Waals surface area contributed by atoms with E-state index >= 15 is 14.4 Å². The third-order valence-electron chi connectivity index (χ3n) is 17.8. The summed E-state index contributed by atoms with van der Waals surface area (Å²) in [5.41, 5.74) is 2.51. The first-order valence-corrected chi connectivity index (χ1v) is 31.9. The molecule has 91 heavy (non-hydrogen) atoms. The normalized spacial score (nSPS) is 23.2. The van der Waals surface area contributed by atoms with Gasteiger partial charge in [0.2, 0.25) is 47.3 Å². The number of hydrogen-bond donors (Lipinski definition) is 2. The molecule has 13 atom stereocenters. The topological polar surface area (TPSA) is 256 Å². The highest BCUT2D eigenvalue weighted by molar-refractivity contribution is 5.99. The van der Waals surface area contributed by atoms with Gasteiger partial charge in [0.15, 0.2) is 6.10 Å². The van der Waals surface area contributed by atoms with Crippen LogP contribution in [0.3, 0.4) is 0 Å².